The van der Waals surface area contributed by atoms with Crippen molar-refractivity contribution in [3.63, 3.8) is 0 Å². The van der Waals surface area contributed by atoms with Crippen LogP contribution in [-0.2, 0) is 0 Å². The summed E-state index contributed by atoms with van der Waals surface area (Å²) in [5.41, 5.74) is 0.362. The first-order chi connectivity index (χ1) is 6.68. The lowest BCUT2D eigenvalue weighted by atomic mass is 10.1. The molecule has 0 radical (unpaired) electrons. The van der Waals surface area contributed by atoms with Crippen molar-refractivity contribution < 1.29 is 9.90 Å². The number of rotatable bonds is 1. The summed E-state index contributed by atoms with van der Waals surface area (Å²) >= 11 is 2.18. The third kappa shape index (κ3) is 1.59. The standard InChI is InChI=1S/C11H7IO2/c12-8-5-4-7-2-1-3-9(11(13)14)10(7)6-8/h1-6H,(H,13,14). The van der Waals surface area contributed by atoms with Crippen LogP contribution in [0.4, 0.5) is 0 Å². The predicted octanol–water partition coefficient (Wildman–Crippen LogP) is 3.14. The van der Waals surface area contributed by atoms with Crippen molar-refractivity contribution in [1.29, 1.82) is 0 Å². The van der Waals surface area contributed by atoms with E-state index in [9.17, 15) is 4.79 Å². The maximum absolute atomic E-state index is 10.9. The first-order valence-corrected chi connectivity index (χ1v) is 5.18. The van der Waals surface area contributed by atoms with Crippen molar-refractivity contribution in [3.05, 3.63) is 45.5 Å². The number of aromatic carboxylic acids is 1. The van der Waals surface area contributed by atoms with Crippen LogP contribution in [0.1, 0.15) is 10.4 Å². The van der Waals surface area contributed by atoms with Gasteiger partial charge in [-0.2, -0.15) is 0 Å². The molecule has 2 aromatic carbocycles. The zero-order valence-corrected chi connectivity index (χ0v) is 9.36. The summed E-state index contributed by atoms with van der Waals surface area (Å²) in [4.78, 5) is 10.9. The summed E-state index contributed by atoms with van der Waals surface area (Å²) in [6.07, 6.45) is 0. The van der Waals surface area contributed by atoms with E-state index in [-0.39, 0.29) is 0 Å². The number of hydrogen-bond acceptors (Lipinski definition) is 1. The van der Waals surface area contributed by atoms with Gasteiger partial charge in [0.1, 0.15) is 0 Å². The smallest absolute Gasteiger partial charge is 0.336 e. The lowest BCUT2D eigenvalue weighted by molar-refractivity contribution is 0.0699. The molecule has 0 heterocycles. The Balaban J connectivity index is 2.84. The van der Waals surface area contributed by atoms with Gasteiger partial charge < -0.3 is 5.11 Å². The van der Waals surface area contributed by atoms with E-state index < -0.39 is 5.97 Å². The molecule has 0 aromatic heterocycles. The quantitative estimate of drug-likeness (QED) is 0.821. The molecule has 14 heavy (non-hydrogen) atoms. The van der Waals surface area contributed by atoms with Crippen LogP contribution in [0, 0.1) is 3.57 Å². The average molecular weight is 298 g/mol. The number of fused-ring (bicyclic) bond motifs is 1. The number of benzene rings is 2. The summed E-state index contributed by atoms with van der Waals surface area (Å²) < 4.78 is 1.05. The van der Waals surface area contributed by atoms with Gasteiger partial charge in [0.25, 0.3) is 0 Å². The number of carboxylic acids is 1. The highest BCUT2D eigenvalue weighted by Crippen LogP contribution is 2.21. The number of carbonyl (C=O) groups is 1. The summed E-state index contributed by atoms with van der Waals surface area (Å²) in [6.45, 7) is 0. The minimum Gasteiger partial charge on any atom is -0.478 e. The largest absolute Gasteiger partial charge is 0.478 e. The van der Waals surface area contributed by atoms with Crippen molar-refractivity contribution in [1.82, 2.24) is 0 Å². The molecular formula is C11H7IO2. The molecule has 2 rings (SSSR count). The molecule has 0 bridgehead atoms. The molecule has 2 aromatic rings. The van der Waals surface area contributed by atoms with Gasteiger partial charge in [-0.25, -0.2) is 4.79 Å². The Labute approximate surface area is 94.7 Å². The van der Waals surface area contributed by atoms with Gasteiger partial charge in [-0.15, -0.1) is 0 Å². The highest BCUT2D eigenvalue weighted by atomic mass is 127. The van der Waals surface area contributed by atoms with Gasteiger partial charge in [0, 0.05) is 3.57 Å². The molecule has 0 amide bonds. The fourth-order valence-electron chi connectivity index (χ4n) is 1.43. The van der Waals surface area contributed by atoms with Crippen molar-refractivity contribution >= 4 is 39.3 Å². The van der Waals surface area contributed by atoms with Gasteiger partial charge >= 0.3 is 5.97 Å². The topological polar surface area (TPSA) is 37.3 Å². The zero-order valence-electron chi connectivity index (χ0n) is 7.20. The number of hydrogen-bond donors (Lipinski definition) is 1. The Morgan fingerprint density at radius 2 is 2.00 bits per heavy atom. The van der Waals surface area contributed by atoms with Gasteiger partial charge in [0.2, 0.25) is 0 Å². The molecule has 0 aliphatic heterocycles. The molecular weight excluding hydrogens is 291 g/mol. The minimum atomic E-state index is -0.877. The van der Waals surface area contributed by atoms with Crippen LogP contribution in [0.3, 0.4) is 0 Å². The molecule has 0 saturated heterocycles. The first kappa shape index (κ1) is 9.45. The Morgan fingerprint density at radius 1 is 1.21 bits per heavy atom. The van der Waals surface area contributed by atoms with Gasteiger partial charge in [0.05, 0.1) is 5.56 Å². The lowest BCUT2D eigenvalue weighted by Gasteiger charge is -2.02. The normalized spacial score (nSPS) is 10.4. The van der Waals surface area contributed by atoms with E-state index in [4.69, 9.17) is 5.11 Å². The fourth-order valence-corrected chi connectivity index (χ4v) is 1.92. The van der Waals surface area contributed by atoms with E-state index >= 15 is 0 Å². The molecule has 0 aliphatic carbocycles. The second-order valence-electron chi connectivity index (χ2n) is 2.98. The molecule has 0 aliphatic rings. The van der Waals surface area contributed by atoms with E-state index in [1.807, 2.05) is 24.3 Å². The Bertz CT molecular complexity index is 506. The lowest BCUT2D eigenvalue weighted by Crippen LogP contribution is -1.96. The highest BCUT2D eigenvalue weighted by molar-refractivity contribution is 14.1. The Morgan fingerprint density at radius 3 is 2.71 bits per heavy atom. The van der Waals surface area contributed by atoms with Crippen LogP contribution in [0.15, 0.2) is 36.4 Å². The molecule has 3 heteroatoms. The van der Waals surface area contributed by atoms with Crippen LogP contribution >= 0.6 is 22.6 Å². The minimum absolute atomic E-state index is 0.362. The molecule has 0 atom stereocenters. The second kappa shape index (κ2) is 3.57. The molecule has 70 valence electrons. The Kier molecular flexibility index (Phi) is 2.41. The van der Waals surface area contributed by atoms with Gasteiger partial charge in [-0.1, -0.05) is 18.2 Å². The van der Waals surface area contributed by atoms with Gasteiger partial charge in [-0.3, -0.25) is 0 Å². The summed E-state index contributed by atoms with van der Waals surface area (Å²) in [5.74, 6) is -0.877. The van der Waals surface area contributed by atoms with Gasteiger partial charge in [0.15, 0.2) is 0 Å². The molecule has 0 fully saturated rings. The Hall–Kier alpha value is -1.10. The van der Waals surface area contributed by atoms with Crippen LogP contribution in [0.25, 0.3) is 10.8 Å². The third-order valence-corrected chi connectivity index (χ3v) is 2.75. The second-order valence-corrected chi connectivity index (χ2v) is 4.22. The van der Waals surface area contributed by atoms with Crippen molar-refractivity contribution in [2.24, 2.45) is 0 Å². The SMILES string of the molecule is O=C(O)c1cccc2ccc(I)cc12. The highest BCUT2D eigenvalue weighted by Gasteiger charge is 2.07. The fraction of sp³-hybridized carbons (Fsp3) is 0. The van der Waals surface area contributed by atoms with Crippen molar-refractivity contribution in [2.45, 2.75) is 0 Å². The maximum atomic E-state index is 10.9. The molecule has 1 N–H and O–H groups in total. The van der Waals surface area contributed by atoms with E-state index in [0.29, 0.717) is 5.56 Å². The van der Waals surface area contributed by atoms with E-state index in [2.05, 4.69) is 22.6 Å². The maximum Gasteiger partial charge on any atom is 0.336 e. The molecule has 0 unspecified atom stereocenters. The molecule has 0 spiro atoms. The summed E-state index contributed by atoms with van der Waals surface area (Å²) in [6, 6.07) is 11.1. The monoisotopic (exact) mass is 298 g/mol. The van der Waals surface area contributed by atoms with Crippen LogP contribution in [0.2, 0.25) is 0 Å². The first-order valence-electron chi connectivity index (χ1n) is 4.10. The average Bonchev–Trinajstić information content (AvgIpc) is 2.16. The predicted molar refractivity (Wildman–Crippen MR) is 63.6 cm³/mol. The van der Waals surface area contributed by atoms with E-state index in [1.165, 1.54) is 0 Å². The van der Waals surface area contributed by atoms with Crippen LogP contribution < -0.4 is 0 Å². The van der Waals surface area contributed by atoms with Gasteiger partial charge in [-0.05, 0) is 51.6 Å². The van der Waals surface area contributed by atoms with Crippen LogP contribution in [0.5, 0.6) is 0 Å². The molecule has 0 saturated carbocycles. The number of carboxylic acid groups (broad SMARTS) is 1. The van der Waals surface area contributed by atoms with E-state index in [1.54, 1.807) is 12.1 Å². The van der Waals surface area contributed by atoms with E-state index in [0.717, 1.165) is 14.3 Å². The summed E-state index contributed by atoms with van der Waals surface area (Å²) in [5, 5.41) is 10.7. The number of halogens is 1. The zero-order chi connectivity index (χ0) is 10.1. The van der Waals surface area contributed by atoms with Crippen molar-refractivity contribution in [3.8, 4) is 0 Å². The molecule has 2 nitrogen and oxygen atoms in total. The van der Waals surface area contributed by atoms with Crippen molar-refractivity contribution in [2.75, 3.05) is 0 Å². The van der Waals surface area contributed by atoms with Crippen LogP contribution in [-0.4, -0.2) is 11.1 Å². The third-order valence-electron chi connectivity index (χ3n) is 2.07. The summed E-state index contributed by atoms with van der Waals surface area (Å²) in [7, 11) is 0.